The molecule has 0 saturated carbocycles. The molecule has 16 heavy (non-hydrogen) atoms. The Morgan fingerprint density at radius 3 is 2.69 bits per heavy atom. The molecular formula is C14H16N2. The van der Waals surface area contributed by atoms with Crippen molar-refractivity contribution < 1.29 is 0 Å². The maximum Gasteiger partial charge on any atom is 0.0446 e. The van der Waals surface area contributed by atoms with Gasteiger partial charge in [-0.15, -0.1) is 0 Å². The van der Waals surface area contributed by atoms with Crippen molar-refractivity contribution in [1.29, 1.82) is 0 Å². The van der Waals surface area contributed by atoms with Gasteiger partial charge in [-0.25, -0.2) is 0 Å². The van der Waals surface area contributed by atoms with E-state index < -0.39 is 0 Å². The molecule has 1 aliphatic heterocycles. The summed E-state index contributed by atoms with van der Waals surface area (Å²) >= 11 is 0. The summed E-state index contributed by atoms with van der Waals surface area (Å²) in [7, 11) is 0. The average Bonchev–Trinajstić information content (AvgIpc) is 2.75. The van der Waals surface area contributed by atoms with Crippen LogP contribution in [0.2, 0.25) is 0 Å². The van der Waals surface area contributed by atoms with Crippen molar-refractivity contribution in [2.24, 2.45) is 5.73 Å². The Morgan fingerprint density at radius 1 is 1.06 bits per heavy atom. The van der Waals surface area contributed by atoms with Crippen LogP contribution in [-0.2, 0) is 0 Å². The van der Waals surface area contributed by atoms with E-state index in [9.17, 15) is 0 Å². The smallest absolute Gasteiger partial charge is 0.0446 e. The average molecular weight is 212 g/mol. The van der Waals surface area contributed by atoms with E-state index in [0.29, 0.717) is 6.04 Å². The number of rotatable bonds is 1. The monoisotopic (exact) mass is 212 g/mol. The molecule has 0 unspecified atom stereocenters. The summed E-state index contributed by atoms with van der Waals surface area (Å²) < 4.78 is 0. The highest BCUT2D eigenvalue weighted by Crippen LogP contribution is 2.28. The Balaban J connectivity index is 2.09. The van der Waals surface area contributed by atoms with Crippen LogP contribution in [0.1, 0.15) is 6.42 Å². The van der Waals surface area contributed by atoms with Crippen molar-refractivity contribution in [2.75, 3.05) is 18.0 Å². The maximum atomic E-state index is 5.96. The van der Waals surface area contributed by atoms with Crippen molar-refractivity contribution in [2.45, 2.75) is 12.5 Å². The number of hydrogen-bond donors (Lipinski definition) is 1. The third-order valence-corrected chi connectivity index (χ3v) is 3.33. The largest absolute Gasteiger partial charge is 0.369 e. The van der Waals surface area contributed by atoms with E-state index in [-0.39, 0.29) is 0 Å². The van der Waals surface area contributed by atoms with Crippen LogP contribution in [0.3, 0.4) is 0 Å². The Morgan fingerprint density at radius 2 is 1.88 bits per heavy atom. The van der Waals surface area contributed by atoms with Gasteiger partial charge in [-0.1, -0.05) is 36.4 Å². The van der Waals surface area contributed by atoms with Crippen LogP contribution in [0, 0.1) is 0 Å². The first kappa shape index (κ1) is 9.67. The SMILES string of the molecule is N[C@H]1CCN(c2cccc3ccccc23)C1. The first-order valence-corrected chi connectivity index (χ1v) is 5.83. The molecule has 0 aromatic heterocycles. The zero-order valence-electron chi connectivity index (χ0n) is 9.26. The Hall–Kier alpha value is -1.54. The van der Waals surface area contributed by atoms with Crippen LogP contribution < -0.4 is 10.6 Å². The lowest BCUT2D eigenvalue weighted by molar-refractivity contribution is 0.752. The standard InChI is InChI=1S/C14H16N2/c15-12-8-9-16(10-12)14-7-3-5-11-4-1-2-6-13(11)14/h1-7,12H,8-10,15H2/t12-/m0/s1. The molecule has 2 N–H and O–H groups in total. The summed E-state index contributed by atoms with van der Waals surface area (Å²) in [4.78, 5) is 2.40. The topological polar surface area (TPSA) is 29.3 Å². The first-order chi connectivity index (χ1) is 7.84. The molecule has 0 bridgehead atoms. The molecule has 0 amide bonds. The molecule has 2 heteroatoms. The highest BCUT2D eigenvalue weighted by molar-refractivity contribution is 5.94. The summed E-state index contributed by atoms with van der Waals surface area (Å²) in [5.41, 5.74) is 7.29. The van der Waals surface area contributed by atoms with Crippen LogP contribution in [0.15, 0.2) is 42.5 Å². The Labute approximate surface area is 95.7 Å². The number of fused-ring (bicyclic) bond motifs is 1. The molecule has 0 radical (unpaired) electrons. The van der Waals surface area contributed by atoms with E-state index in [1.165, 1.54) is 16.5 Å². The molecular weight excluding hydrogens is 196 g/mol. The van der Waals surface area contributed by atoms with Gasteiger partial charge in [0.05, 0.1) is 0 Å². The number of hydrogen-bond acceptors (Lipinski definition) is 2. The van der Waals surface area contributed by atoms with Gasteiger partial charge in [-0.3, -0.25) is 0 Å². The van der Waals surface area contributed by atoms with Crippen LogP contribution in [0.4, 0.5) is 5.69 Å². The second kappa shape index (κ2) is 3.80. The molecule has 82 valence electrons. The molecule has 1 fully saturated rings. The lowest BCUT2D eigenvalue weighted by Gasteiger charge is -2.20. The number of benzene rings is 2. The normalized spacial score (nSPS) is 20.6. The van der Waals surface area contributed by atoms with Gasteiger partial charge in [0.2, 0.25) is 0 Å². The molecule has 0 spiro atoms. The minimum absolute atomic E-state index is 0.332. The highest BCUT2D eigenvalue weighted by Gasteiger charge is 2.20. The second-order valence-electron chi connectivity index (χ2n) is 4.49. The number of nitrogens with two attached hydrogens (primary N) is 1. The molecule has 1 atom stereocenters. The molecule has 2 aromatic rings. The lowest BCUT2D eigenvalue weighted by Crippen LogP contribution is -2.26. The maximum absolute atomic E-state index is 5.96. The molecule has 1 heterocycles. The van der Waals surface area contributed by atoms with Crippen molar-refractivity contribution in [1.82, 2.24) is 0 Å². The fourth-order valence-electron chi connectivity index (χ4n) is 2.49. The van der Waals surface area contributed by atoms with E-state index in [1.807, 2.05) is 0 Å². The van der Waals surface area contributed by atoms with Crippen LogP contribution >= 0.6 is 0 Å². The van der Waals surface area contributed by atoms with E-state index in [4.69, 9.17) is 5.73 Å². The predicted molar refractivity (Wildman–Crippen MR) is 68.8 cm³/mol. The molecule has 1 aliphatic rings. The van der Waals surface area contributed by atoms with Crippen molar-refractivity contribution in [3.63, 3.8) is 0 Å². The van der Waals surface area contributed by atoms with Gasteiger partial charge < -0.3 is 10.6 Å². The van der Waals surface area contributed by atoms with Gasteiger partial charge in [0.25, 0.3) is 0 Å². The molecule has 2 aromatic carbocycles. The van der Waals surface area contributed by atoms with E-state index in [0.717, 1.165) is 19.5 Å². The molecule has 2 nitrogen and oxygen atoms in total. The second-order valence-corrected chi connectivity index (χ2v) is 4.49. The fourth-order valence-corrected chi connectivity index (χ4v) is 2.49. The first-order valence-electron chi connectivity index (χ1n) is 5.83. The van der Waals surface area contributed by atoms with Crippen LogP contribution in [0.5, 0.6) is 0 Å². The van der Waals surface area contributed by atoms with Crippen molar-refractivity contribution in [3.8, 4) is 0 Å². The minimum atomic E-state index is 0.332. The highest BCUT2D eigenvalue weighted by atomic mass is 15.2. The summed E-state index contributed by atoms with van der Waals surface area (Å²) in [6, 6.07) is 15.3. The third-order valence-electron chi connectivity index (χ3n) is 3.33. The minimum Gasteiger partial charge on any atom is -0.369 e. The zero-order valence-corrected chi connectivity index (χ0v) is 9.26. The molecule has 0 aliphatic carbocycles. The van der Waals surface area contributed by atoms with Gasteiger partial charge in [0.15, 0.2) is 0 Å². The molecule has 3 rings (SSSR count). The van der Waals surface area contributed by atoms with Gasteiger partial charge in [-0.2, -0.15) is 0 Å². The number of anilines is 1. The summed E-state index contributed by atoms with van der Waals surface area (Å²) in [6.45, 7) is 2.06. The lowest BCUT2D eigenvalue weighted by atomic mass is 10.1. The summed E-state index contributed by atoms with van der Waals surface area (Å²) in [6.07, 6.45) is 1.10. The number of nitrogens with zero attached hydrogens (tertiary/aromatic N) is 1. The Kier molecular flexibility index (Phi) is 2.29. The van der Waals surface area contributed by atoms with Gasteiger partial charge >= 0.3 is 0 Å². The molecule has 1 saturated heterocycles. The summed E-state index contributed by atoms with van der Waals surface area (Å²) in [5, 5.41) is 2.64. The van der Waals surface area contributed by atoms with Gasteiger partial charge in [0.1, 0.15) is 0 Å². The quantitative estimate of drug-likeness (QED) is 0.786. The Bertz CT molecular complexity index is 502. The van der Waals surface area contributed by atoms with E-state index >= 15 is 0 Å². The fraction of sp³-hybridized carbons (Fsp3) is 0.286. The van der Waals surface area contributed by atoms with Crippen LogP contribution in [-0.4, -0.2) is 19.1 Å². The van der Waals surface area contributed by atoms with Crippen molar-refractivity contribution in [3.05, 3.63) is 42.5 Å². The third kappa shape index (κ3) is 1.55. The summed E-state index contributed by atoms with van der Waals surface area (Å²) in [5.74, 6) is 0. The van der Waals surface area contributed by atoms with Gasteiger partial charge in [-0.05, 0) is 17.9 Å². The van der Waals surface area contributed by atoms with E-state index in [1.54, 1.807) is 0 Å². The zero-order chi connectivity index (χ0) is 11.0. The van der Waals surface area contributed by atoms with Crippen LogP contribution in [0.25, 0.3) is 10.8 Å². The van der Waals surface area contributed by atoms with E-state index in [2.05, 4.69) is 47.4 Å². The predicted octanol–water partition coefficient (Wildman–Crippen LogP) is 2.38. The van der Waals surface area contributed by atoms with Gasteiger partial charge in [0, 0.05) is 30.2 Å². The van der Waals surface area contributed by atoms with Crippen molar-refractivity contribution >= 4 is 16.5 Å².